The van der Waals surface area contributed by atoms with Gasteiger partial charge in [-0.2, -0.15) is 108 Å². The first-order chi connectivity index (χ1) is 28.9. The van der Waals surface area contributed by atoms with Crippen LogP contribution in [0.5, 0.6) is 5.75 Å². The van der Waals surface area contributed by atoms with Gasteiger partial charge in [0.2, 0.25) is 17.2 Å². The number of nitrogens with zero attached hydrogens (tertiary/aromatic N) is 7. The predicted octanol–water partition coefficient (Wildman–Crippen LogP) is 0.0176. The Morgan fingerprint density at radius 3 is 1.55 bits per heavy atom. The summed E-state index contributed by atoms with van der Waals surface area (Å²) in [5.74, 6) is 22.7. The molecule has 1 aromatic heterocycles. The van der Waals surface area contributed by atoms with Crippen LogP contribution < -0.4 is 46.3 Å². The Hall–Kier alpha value is -5.81. The van der Waals surface area contributed by atoms with Gasteiger partial charge >= 0.3 is 50.6 Å². The van der Waals surface area contributed by atoms with Gasteiger partial charge in [-0.05, 0) is 65.5 Å². The van der Waals surface area contributed by atoms with E-state index in [4.69, 9.17) is 52.6 Å². The van der Waals surface area contributed by atoms with Gasteiger partial charge < -0.3 is 21.9 Å². The molecule has 0 aliphatic carbocycles. The van der Waals surface area contributed by atoms with Crippen LogP contribution in [0.4, 0.5) is 46.0 Å². The van der Waals surface area contributed by atoms with Crippen LogP contribution in [0.15, 0.2) is 93.5 Å². The molecular weight excluding hydrogens is 962 g/mol. The van der Waals surface area contributed by atoms with Gasteiger partial charge in [0.25, 0.3) is 0 Å². The van der Waals surface area contributed by atoms with Gasteiger partial charge in [0, 0.05) is 5.69 Å². The molecule has 0 amide bonds. The van der Waals surface area contributed by atoms with Crippen molar-refractivity contribution in [1.29, 1.82) is 0 Å². The summed E-state index contributed by atoms with van der Waals surface area (Å²) in [5.41, 5.74) is 7.08. The first-order valence-corrected chi connectivity index (χ1v) is 22.6. The smallest absolute Gasteiger partial charge is 0.315 e. The summed E-state index contributed by atoms with van der Waals surface area (Å²) in [4.78, 5) is 6.28. The minimum atomic E-state index is -5.20. The number of aromatic nitrogens is 3. The van der Waals surface area contributed by atoms with Crippen LogP contribution in [-0.2, 0) is 72.0 Å². The molecular formula is C25H24ClN15O16S5. The molecule has 0 atom stereocenters. The lowest BCUT2D eigenvalue weighted by atomic mass is 10.1. The largest absolute Gasteiger partial charge is 0.505 e. The number of nitrogens with two attached hydrogens (primary N) is 7. The number of azo groups is 2. The molecule has 5 rings (SSSR count). The summed E-state index contributed by atoms with van der Waals surface area (Å²) < 4.78 is 148. The highest BCUT2D eigenvalue weighted by Crippen LogP contribution is 2.49. The lowest BCUT2D eigenvalue weighted by Gasteiger charge is -2.15. The number of nitrogens with one attached hydrogen (secondary N) is 1. The Kier molecular flexibility index (Phi) is 13.3. The second kappa shape index (κ2) is 17.5. The van der Waals surface area contributed by atoms with Gasteiger partial charge in [0.05, 0.1) is 16.0 Å². The van der Waals surface area contributed by atoms with Crippen molar-refractivity contribution in [3.63, 3.8) is 0 Å². The zero-order chi connectivity index (χ0) is 46.2. The molecule has 1 heterocycles. The average Bonchev–Trinajstić information content (AvgIpc) is 3.21. The maximum atomic E-state index is 13.1. The second-order valence-corrected chi connectivity index (χ2v) is 19.3. The fraction of sp³-hybridized carbons (Fsp3) is 0. The van der Waals surface area contributed by atoms with Crippen molar-refractivity contribution in [3.05, 3.63) is 53.8 Å². The third-order valence-corrected chi connectivity index (χ3v) is 13.3. The van der Waals surface area contributed by atoms with Crippen LogP contribution in [0.25, 0.3) is 10.8 Å². The van der Waals surface area contributed by atoms with Crippen molar-refractivity contribution >= 4 is 119 Å². The lowest BCUT2D eigenvalue weighted by Crippen LogP contribution is -2.14. The molecule has 62 heavy (non-hydrogen) atoms. The number of phenols is 1. The number of hydrogen-bond acceptors (Lipinski definition) is 31. The Labute approximate surface area is 351 Å². The highest BCUT2D eigenvalue weighted by atomic mass is 35.5. The van der Waals surface area contributed by atoms with E-state index < -0.39 is 120 Å². The number of phenolic OH excluding ortho intramolecular Hbond substituents is 1. The van der Waals surface area contributed by atoms with Crippen molar-refractivity contribution < 1.29 is 68.6 Å². The summed E-state index contributed by atoms with van der Waals surface area (Å²) in [6.45, 7) is 0. The van der Waals surface area contributed by atoms with Crippen molar-refractivity contribution in [2.24, 2.45) is 49.9 Å². The number of rotatable bonds is 16. The Bertz CT molecular complexity index is 3270. The molecule has 0 saturated heterocycles. The summed E-state index contributed by atoms with van der Waals surface area (Å²) in [7, 11) is -25.0. The van der Waals surface area contributed by atoms with Gasteiger partial charge in [-0.1, -0.05) is 0 Å². The Morgan fingerprint density at radius 1 is 0.565 bits per heavy atom. The van der Waals surface area contributed by atoms with E-state index in [2.05, 4.69) is 62.1 Å². The van der Waals surface area contributed by atoms with Crippen LogP contribution >= 0.6 is 11.6 Å². The monoisotopic (exact) mass is 985 g/mol. The number of benzene rings is 4. The minimum absolute atomic E-state index is 0.0553. The molecule has 4 aromatic carbocycles. The van der Waals surface area contributed by atoms with Crippen LogP contribution in [0.3, 0.4) is 0 Å². The van der Waals surface area contributed by atoms with Crippen molar-refractivity contribution in [1.82, 2.24) is 15.0 Å². The fourth-order valence-corrected chi connectivity index (χ4v) is 8.61. The van der Waals surface area contributed by atoms with Crippen LogP contribution in [0.1, 0.15) is 0 Å². The molecule has 0 bridgehead atoms. The number of aromatic hydroxyl groups is 1. The molecule has 0 spiro atoms. The SMILES string of the molecule is NOS(=O)(=O)c1ccc(S(=O)(=O)ON)c(/N=N/c2c(S(=O)(=O)ON)cc3cc(S(=O)(=O)ON)c(/N=N/c4cc(Nc5nc(N)nc(Cl)n5)ccc4S(=O)(=O)ON)c(O)c3c2N)c1. The van der Waals surface area contributed by atoms with E-state index in [0.29, 0.717) is 30.3 Å². The van der Waals surface area contributed by atoms with E-state index >= 15 is 0 Å². The van der Waals surface area contributed by atoms with Gasteiger partial charge in [0.1, 0.15) is 42.3 Å². The van der Waals surface area contributed by atoms with E-state index in [1.807, 2.05) is 0 Å². The molecule has 0 unspecified atom stereocenters. The third kappa shape index (κ3) is 9.48. The summed E-state index contributed by atoms with van der Waals surface area (Å²) in [6, 6.07) is 5.93. The van der Waals surface area contributed by atoms with E-state index in [-0.39, 0.29) is 22.9 Å². The van der Waals surface area contributed by atoms with Crippen molar-refractivity contribution in [3.8, 4) is 5.75 Å². The number of fused-ring (bicyclic) bond motifs is 1. The third-order valence-electron chi connectivity index (χ3n) is 7.60. The highest BCUT2D eigenvalue weighted by Gasteiger charge is 2.31. The Morgan fingerprint density at radius 2 is 1.03 bits per heavy atom. The Balaban J connectivity index is 1.83. The lowest BCUT2D eigenvalue weighted by molar-refractivity contribution is 0.331. The molecule has 37 heteroatoms. The fourth-order valence-electron chi connectivity index (χ4n) is 4.94. The predicted molar refractivity (Wildman–Crippen MR) is 206 cm³/mol. The number of nitrogen functional groups attached to an aromatic ring is 2. The van der Waals surface area contributed by atoms with E-state index in [1.54, 1.807) is 0 Å². The van der Waals surface area contributed by atoms with Crippen molar-refractivity contribution in [2.45, 2.75) is 24.5 Å². The highest BCUT2D eigenvalue weighted by molar-refractivity contribution is 7.88. The van der Waals surface area contributed by atoms with Crippen LogP contribution in [0, 0.1) is 0 Å². The molecule has 0 saturated carbocycles. The van der Waals surface area contributed by atoms with Crippen molar-refractivity contribution in [2.75, 3.05) is 16.8 Å². The first kappa shape index (κ1) is 47.2. The molecule has 5 aromatic rings. The number of halogens is 1. The quantitative estimate of drug-likeness (QED) is 0.0357. The zero-order valence-corrected chi connectivity index (χ0v) is 34.6. The minimum Gasteiger partial charge on any atom is -0.505 e. The van der Waals surface area contributed by atoms with E-state index in [9.17, 15) is 47.2 Å². The topological polar surface area (TPSA) is 519 Å². The zero-order valence-electron chi connectivity index (χ0n) is 29.8. The van der Waals surface area contributed by atoms with Gasteiger partial charge in [-0.15, -0.1) is 20.5 Å². The molecule has 0 fully saturated rings. The van der Waals surface area contributed by atoms with Gasteiger partial charge in [0.15, 0.2) is 5.75 Å². The number of hydrogen-bond donors (Lipinski definition) is 9. The molecule has 0 aliphatic heterocycles. The summed E-state index contributed by atoms with van der Waals surface area (Å²) in [6.07, 6.45) is 0. The van der Waals surface area contributed by atoms with Gasteiger partial charge in [-0.3, -0.25) is 0 Å². The second-order valence-electron chi connectivity index (χ2n) is 11.2. The van der Waals surface area contributed by atoms with Crippen LogP contribution in [-0.4, -0.2) is 62.1 Å². The number of anilines is 4. The maximum absolute atomic E-state index is 13.1. The van der Waals surface area contributed by atoms with E-state index in [1.165, 1.54) is 0 Å². The molecule has 16 N–H and O–H groups in total. The molecule has 0 radical (unpaired) electrons. The van der Waals surface area contributed by atoms with E-state index in [0.717, 1.165) is 18.2 Å². The normalized spacial score (nSPS) is 13.1. The van der Waals surface area contributed by atoms with Gasteiger partial charge in [-0.25, -0.2) is 0 Å². The molecule has 332 valence electrons. The van der Waals surface area contributed by atoms with Crippen LogP contribution in [0.2, 0.25) is 5.28 Å². The average molecular weight is 986 g/mol. The summed E-state index contributed by atoms with van der Waals surface area (Å²) >= 11 is 5.81. The molecule has 31 nitrogen and oxygen atoms in total. The first-order valence-electron chi connectivity index (χ1n) is 15.2. The maximum Gasteiger partial charge on any atom is 0.315 e. The summed E-state index contributed by atoms with van der Waals surface area (Å²) in [5, 5.41) is 27.3. The standard InChI is InChI=1S/C25H24ClN15O16S5/c26-23-35-24(28)37-25(36-23)34-10-1-3-14(59(45,46)54-30)12(7-10)38-41-21-17(62(51,52)57-33)6-9-5-16(61(49,50)56-32)20(19(27)18(9)22(21)42)40-39-13-8-11(58(43,44)53-29)2-4-15(13)60(47,48)55-31/h1-8,42H,27,29-33H2,(H3,28,34,35,36,37)/b40-39+,41-38+. The molecule has 0 aliphatic rings.